The number of hydrogen-bond donors (Lipinski definition) is 0. The second-order valence-electron chi connectivity index (χ2n) is 6.60. The van der Waals surface area contributed by atoms with E-state index < -0.39 is 0 Å². The summed E-state index contributed by atoms with van der Waals surface area (Å²) in [6.07, 6.45) is 19.5. The predicted molar refractivity (Wildman–Crippen MR) is 89.1 cm³/mol. The molecular weight excluding hydrogens is 260 g/mol. The molecule has 1 fully saturated rings. The molecule has 1 aliphatic rings. The van der Waals surface area contributed by atoms with Gasteiger partial charge in [0, 0.05) is 0 Å². The van der Waals surface area contributed by atoms with Crippen LogP contribution in [0.3, 0.4) is 0 Å². The third kappa shape index (κ3) is 10.8. The summed E-state index contributed by atoms with van der Waals surface area (Å²) < 4.78 is 5.40. The second-order valence-corrected chi connectivity index (χ2v) is 6.60. The normalized spacial score (nSPS) is 16.6. The van der Waals surface area contributed by atoms with Crippen LogP contribution in [0.25, 0.3) is 0 Å². The van der Waals surface area contributed by atoms with Crippen LogP contribution in [0.5, 0.6) is 0 Å². The Morgan fingerprint density at radius 1 is 0.952 bits per heavy atom. The minimum atomic E-state index is -0.0924. The van der Waals surface area contributed by atoms with E-state index in [4.69, 9.17) is 4.74 Å². The number of rotatable bonds is 11. The molecule has 0 N–H and O–H groups in total. The molecule has 0 amide bonds. The zero-order valence-corrected chi connectivity index (χ0v) is 14.1. The van der Waals surface area contributed by atoms with Gasteiger partial charge < -0.3 is 4.74 Å². The Balaban J connectivity index is 1.89. The van der Waals surface area contributed by atoms with Crippen molar-refractivity contribution in [3.05, 3.63) is 6.42 Å². The predicted octanol–water partition coefficient (Wildman–Crippen LogP) is 5.84. The van der Waals surface area contributed by atoms with Gasteiger partial charge in [-0.2, -0.15) is 0 Å². The minimum Gasteiger partial charge on any atom is -0.465 e. The van der Waals surface area contributed by atoms with Gasteiger partial charge in [-0.1, -0.05) is 77.6 Å². The first-order valence-corrected chi connectivity index (χ1v) is 9.33. The molecule has 1 saturated carbocycles. The zero-order valence-electron chi connectivity index (χ0n) is 14.1. The van der Waals surface area contributed by atoms with E-state index in [1.165, 1.54) is 77.0 Å². The fraction of sp³-hybridized carbons (Fsp3) is 0.895. The molecule has 0 saturated heterocycles. The van der Waals surface area contributed by atoms with Crippen molar-refractivity contribution in [2.24, 2.45) is 5.92 Å². The number of ether oxygens (including phenoxy) is 1. The van der Waals surface area contributed by atoms with Gasteiger partial charge in [-0.3, -0.25) is 4.79 Å². The summed E-state index contributed by atoms with van der Waals surface area (Å²) in [5.41, 5.74) is 0. The topological polar surface area (TPSA) is 26.3 Å². The monoisotopic (exact) mass is 295 g/mol. The van der Waals surface area contributed by atoms with E-state index in [1.807, 2.05) is 0 Å². The first kappa shape index (κ1) is 18.5. The lowest BCUT2D eigenvalue weighted by Crippen LogP contribution is -2.14. The van der Waals surface area contributed by atoms with Crippen molar-refractivity contribution in [3.63, 3.8) is 0 Å². The van der Waals surface area contributed by atoms with Crippen LogP contribution < -0.4 is 0 Å². The molecule has 2 heteroatoms. The Morgan fingerprint density at radius 3 is 2.24 bits per heavy atom. The maximum atomic E-state index is 11.7. The van der Waals surface area contributed by atoms with Crippen LogP contribution in [0.2, 0.25) is 0 Å². The molecule has 0 spiro atoms. The van der Waals surface area contributed by atoms with Gasteiger partial charge in [0.2, 0.25) is 0 Å². The fourth-order valence-corrected chi connectivity index (χ4v) is 3.11. The minimum absolute atomic E-state index is 0.0924. The average molecular weight is 295 g/mol. The third-order valence-corrected chi connectivity index (χ3v) is 4.55. The smallest absolute Gasteiger partial charge is 0.309 e. The SMILES string of the molecule is CCCCCCCCC[CH]C(=O)OCC1CCCCCC1. The van der Waals surface area contributed by atoms with Crippen molar-refractivity contribution >= 4 is 5.97 Å². The number of carbonyl (C=O) groups excluding carboxylic acids is 1. The molecule has 21 heavy (non-hydrogen) atoms. The van der Waals surface area contributed by atoms with E-state index in [2.05, 4.69) is 6.92 Å². The van der Waals surface area contributed by atoms with Gasteiger partial charge in [0.15, 0.2) is 0 Å². The van der Waals surface area contributed by atoms with Crippen LogP contribution in [0.15, 0.2) is 0 Å². The summed E-state index contributed by atoms with van der Waals surface area (Å²) in [6, 6.07) is 0. The maximum absolute atomic E-state index is 11.7. The van der Waals surface area contributed by atoms with Crippen LogP contribution in [0.1, 0.15) is 96.8 Å². The molecule has 1 aliphatic carbocycles. The molecule has 0 aromatic carbocycles. The van der Waals surface area contributed by atoms with E-state index in [1.54, 1.807) is 6.42 Å². The van der Waals surface area contributed by atoms with Crippen LogP contribution >= 0.6 is 0 Å². The van der Waals surface area contributed by atoms with Gasteiger partial charge in [-0.25, -0.2) is 0 Å². The molecule has 0 atom stereocenters. The summed E-state index contributed by atoms with van der Waals surface area (Å²) in [6.45, 7) is 2.89. The molecule has 0 aromatic heterocycles. The van der Waals surface area contributed by atoms with E-state index >= 15 is 0 Å². The first-order chi connectivity index (χ1) is 10.3. The number of esters is 1. The standard InChI is InChI=1S/C19H35O2/c1-2-3-4-5-6-7-8-13-16-19(20)21-17-18-14-11-9-10-12-15-18/h16,18H,2-15,17H2,1H3. The second kappa shape index (κ2) is 13.2. The van der Waals surface area contributed by atoms with Crippen molar-refractivity contribution in [1.82, 2.24) is 0 Å². The molecule has 0 aliphatic heterocycles. The number of carbonyl (C=O) groups is 1. The molecule has 1 radical (unpaired) electrons. The highest BCUT2D eigenvalue weighted by atomic mass is 16.5. The van der Waals surface area contributed by atoms with Crippen LogP contribution in [0.4, 0.5) is 0 Å². The Labute approximate surface area is 132 Å². The molecular formula is C19H35O2. The lowest BCUT2D eigenvalue weighted by molar-refractivity contribution is -0.141. The van der Waals surface area contributed by atoms with Crippen molar-refractivity contribution < 1.29 is 9.53 Å². The van der Waals surface area contributed by atoms with Gasteiger partial charge in [0.25, 0.3) is 0 Å². The zero-order chi connectivity index (χ0) is 15.2. The highest BCUT2D eigenvalue weighted by molar-refractivity contribution is 5.78. The number of hydrogen-bond acceptors (Lipinski definition) is 2. The quantitative estimate of drug-likeness (QED) is 0.272. The first-order valence-electron chi connectivity index (χ1n) is 9.33. The van der Waals surface area contributed by atoms with Crippen molar-refractivity contribution in [2.45, 2.75) is 96.8 Å². The maximum Gasteiger partial charge on any atom is 0.309 e. The molecule has 0 aromatic rings. The summed E-state index contributed by atoms with van der Waals surface area (Å²) in [7, 11) is 0. The lowest BCUT2D eigenvalue weighted by atomic mass is 10.0. The highest BCUT2D eigenvalue weighted by Crippen LogP contribution is 2.23. The van der Waals surface area contributed by atoms with Crippen LogP contribution in [-0.2, 0) is 9.53 Å². The van der Waals surface area contributed by atoms with E-state index in [9.17, 15) is 4.79 Å². The Kier molecular flexibility index (Phi) is 11.6. The van der Waals surface area contributed by atoms with Gasteiger partial charge in [-0.05, 0) is 25.2 Å². The molecule has 1 rings (SSSR count). The molecule has 2 nitrogen and oxygen atoms in total. The van der Waals surface area contributed by atoms with E-state index in [0.717, 1.165) is 12.8 Å². The summed E-state index contributed by atoms with van der Waals surface area (Å²) in [5.74, 6) is 0.522. The van der Waals surface area contributed by atoms with E-state index in [0.29, 0.717) is 12.5 Å². The van der Waals surface area contributed by atoms with Gasteiger partial charge >= 0.3 is 5.97 Å². The van der Waals surface area contributed by atoms with Crippen molar-refractivity contribution in [1.29, 1.82) is 0 Å². The lowest BCUT2D eigenvalue weighted by Gasteiger charge is -2.13. The third-order valence-electron chi connectivity index (χ3n) is 4.55. The van der Waals surface area contributed by atoms with Crippen LogP contribution in [-0.4, -0.2) is 12.6 Å². The summed E-state index contributed by atoms with van der Waals surface area (Å²) in [5, 5.41) is 0. The van der Waals surface area contributed by atoms with Crippen LogP contribution in [0, 0.1) is 12.3 Å². The average Bonchev–Trinajstić information content (AvgIpc) is 2.76. The summed E-state index contributed by atoms with van der Waals surface area (Å²) >= 11 is 0. The molecule has 0 heterocycles. The fourth-order valence-electron chi connectivity index (χ4n) is 3.11. The van der Waals surface area contributed by atoms with Gasteiger partial charge in [0.05, 0.1) is 13.0 Å². The molecule has 123 valence electrons. The van der Waals surface area contributed by atoms with Gasteiger partial charge in [-0.15, -0.1) is 0 Å². The Hall–Kier alpha value is -0.530. The summed E-state index contributed by atoms with van der Waals surface area (Å²) in [4.78, 5) is 11.7. The Bertz CT molecular complexity index is 242. The number of unbranched alkanes of at least 4 members (excludes halogenated alkanes) is 7. The van der Waals surface area contributed by atoms with Crippen molar-refractivity contribution in [2.75, 3.05) is 6.61 Å². The molecule has 0 bridgehead atoms. The molecule has 0 unspecified atom stereocenters. The largest absolute Gasteiger partial charge is 0.465 e. The Morgan fingerprint density at radius 2 is 1.57 bits per heavy atom. The van der Waals surface area contributed by atoms with Gasteiger partial charge in [0.1, 0.15) is 0 Å². The van der Waals surface area contributed by atoms with E-state index in [-0.39, 0.29) is 5.97 Å². The highest BCUT2D eigenvalue weighted by Gasteiger charge is 2.14. The van der Waals surface area contributed by atoms with Crippen molar-refractivity contribution in [3.8, 4) is 0 Å².